The molecule has 2 heterocycles. The monoisotopic (exact) mass is 365 g/mol. The fourth-order valence-electron chi connectivity index (χ4n) is 4.77. The summed E-state index contributed by atoms with van der Waals surface area (Å²) in [6, 6.07) is 17.5. The molecule has 0 spiro atoms. The minimum atomic E-state index is -0.0315. The van der Waals surface area contributed by atoms with Crippen LogP contribution >= 0.6 is 11.6 Å². The summed E-state index contributed by atoms with van der Waals surface area (Å²) < 4.78 is 6.46. The van der Waals surface area contributed by atoms with Gasteiger partial charge in [0.1, 0.15) is 11.9 Å². The van der Waals surface area contributed by atoms with Crippen molar-refractivity contribution < 1.29 is 4.74 Å². The molecule has 26 heavy (non-hydrogen) atoms. The number of ether oxygens (including phenoxy) is 1. The predicted octanol–water partition coefficient (Wildman–Crippen LogP) is 3.30. The van der Waals surface area contributed by atoms with E-state index in [4.69, 9.17) is 21.6 Å². The van der Waals surface area contributed by atoms with Gasteiger partial charge in [-0.05, 0) is 42.2 Å². The summed E-state index contributed by atoms with van der Waals surface area (Å²) in [6.07, 6.45) is 2.21. The van der Waals surface area contributed by atoms with E-state index in [1.807, 2.05) is 6.07 Å². The number of halogens is 1. The lowest BCUT2D eigenvalue weighted by Crippen LogP contribution is -2.50. The first-order valence-electron chi connectivity index (χ1n) is 9.16. The summed E-state index contributed by atoms with van der Waals surface area (Å²) in [5.41, 5.74) is 3.17. The Hall–Kier alpha value is -2.06. The minimum absolute atomic E-state index is 0.0315. The second-order valence-corrected chi connectivity index (χ2v) is 7.86. The maximum Gasteiger partial charge on any atom is 0.140 e. The second-order valence-electron chi connectivity index (χ2n) is 7.46. The zero-order chi connectivity index (χ0) is 17.7. The van der Waals surface area contributed by atoms with E-state index >= 15 is 0 Å². The number of piperazine rings is 1. The highest BCUT2D eigenvalue weighted by Crippen LogP contribution is 2.42. The second kappa shape index (κ2) is 6.28. The van der Waals surface area contributed by atoms with E-state index < -0.39 is 0 Å². The van der Waals surface area contributed by atoms with Crippen LogP contribution < -0.4 is 10.1 Å². The number of likely N-dealkylation sites (tertiary alicyclic amines) is 1. The van der Waals surface area contributed by atoms with Crippen LogP contribution in [0.5, 0.6) is 5.75 Å². The van der Waals surface area contributed by atoms with Crippen LogP contribution in [0, 0.1) is 11.3 Å². The van der Waals surface area contributed by atoms with Gasteiger partial charge in [-0.2, -0.15) is 5.26 Å². The molecular formula is C21H20ClN3O. The fraction of sp³-hybridized carbons (Fsp3) is 0.381. The quantitative estimate of drug-likeness (QED) is 0.906. The molecule has 5 rings (SSSR count). The minimum Gasteiger partial charge on any atom is -0.482 e. The van der Waals surface area contributed by atoms with Gasteiger partial charge in [0.05, 0.1) is 22.7 Å². The van der Waals surface area contributed by atoms with E-state index in [0.29, 0.717) is 34.5 Å². The van der Waals surface area contributed by atoms with Gasteiger partial charge in [0.2, 0.25) is 0 Å². The smallest absolute Gasteiger partial charge is 0.140 e. The molecule has 2 fully saturated rings. The Bertz CT molecular complexity index is 893. The number of hydrogen-bond acceptors (Lipinski definition) is 4. The Morgan fingerprint density at radius 3 is 2.85 bits per heavy atom. The van der Waals surface area contributed by atoms with Crippen LogP contribution in [-0.2, 0) is 6.42 Å². The number of rotatable bonds is 3. The molecule has 2 bridgehead atoms. The highest BCUT2D eigenvalue weighted by atomic mass is 35.5. The van der Waals surface area contributed by atoms with Crippen molar-refractivity contribution in [2.24, 2.45) is 0 Å². The number of benzene rings is 2. The van der Waals surface area contributed by atoms with Crippen molar-refractivity contribution in [2.45, 2.75) is 37.1 Å². The lowest BCUT2D eigenvalue weighted by molar-refractivity contribution is 0.0615. The van der Waals surface area contributed by atoms with Crippen LogP contribution in [0.1, 0.15) is 29.2 Å². The van der Waals surface area contributed by atoms with Gasteiger partial charge in [-0.3, -0.25) is 4.90 Å². The molecule has 1 aliphatic carbocycles. The van der Waals surface area contributed by atoms with Gasteiger partial charge in [0, 0.05) is 25.2 Å². The van der Waals surface area contributed by atoms with Crippen LogP contribution in [-0.4, -0.2) is 36.1 Å². The first-order valence-corrected chi connectivity index (χ1v) is 9.54. The van der Waals surface area contributed by atoms with Crippen molar-refractivity contribution in [3.05, 3.63) is 64.2 Å². The Morgan fingerprint density at radius 2 is 2.12 bits per heavy atom. The summed E-state index contributed by atoms with van der Waals surface area (Å²) in [4.78, 5) is 2.63. The zero-order valence-electron chi connectivity index (χ0n) is 14.4. The standard InChI is InChI=1S/C21H20ClN3O/c22-18-7-13(10-23)5-6-20(18)26-21-17-4-2-1-3-14(17)8-19(21)25-12-15-9-16(25)11-24-15/h1-7,15-16,19,21,24H,8-9,11-12H2/t15-,16-,19+,21+/m0/s1. The molecule has 2 aliphatic heterocycles. The molecule has 0 amide bonds. The molecular weight excluding hydrogens is 346 g/mol. The molecule has 0 unspecified atom stereocenters. The Kier molecular flexibility index (Phi) is 3.90. The molecule has 2 saturated heterocycles. The summed E-state index contributed by atoms with van der Waals surface area (Å²) in [7, 11) is 0. The number of nitrogens with one attached hydrogen (secondary N) is 1. The van der Waals surface area contributed by atoms with Crippen molar-refractivity contribution in [1.82, 2.24) is 10.2 Å². The van der Waals surface area contributed by atoms with E-state index in [1.54, 1.807) is 12.1 Å². The summed E-state index contributed by atoms with van der Waals surface area (Å²) >= 11 is 6.38. The molecule has 4 atom stereocenters. The zero-order valence-corrected chi connectivity index (χ0v) is 15.1. The van der Waals surface area contributed by atoms with Crippen LogP contribution in [0.3, 0.4) is 0 Å². The average Bonchev–Trinajstić information content (AvgIpc) is 3.37. The molecule has 0 aromatic heterocycles. The van der Waals surface area contributed by atoms with Gasteiger partial charge in [-0.25, -0.2) is 0 Å². The highest BCUT2D eigenvalue weighted by Gasteiger charge is 2.47. The van der Waals surface area contributed by atoms with Crippen molar-refractivity contribution in [1.29, 1.82) is 5.26 Å². The maximum atomic E-state index is 9.05. The largest absolute Gasteiger partial charge is 0.482 e. The van der Waals surface area contributed by atoms with Gasteiger partial charge in [-0.15, -0.1) is 0 Å². The SMILES string of the molecule is N#Cc1ccc(O[C@@H]2c3ccccc3C[C@H]2N2C[C@@H]3C[C@H]2CN3)c(Cl)c1. The summed E-state index contributed by atoms with van der Waals surface area (Å²) in [5, 5.41) is 13.1. The van der Waals surface area contributed by atoms with Crippen LogP contribution in [0.25, 0.3) is 0 Å². The van der Waals surface area contributed by atoms with Gasteiger partial charge in [0.25, 0.3) is 0 Å². The molecule has 4 nitrogen and oxygen atoms in total. The number of nitriles is 1. The van der Waals surface area contributed by atoms with E-state index in [0.717, 1.165) is 19.5 Å². The Labute approximate surface area is 158 Å². The summed E-state index contributed by atoms with van der Waals surface area (Å²) in [5.74, 6) is 0.653. The van der Waals surface area contributed by atoms with Gasteiger partial charge < -0.3 is 10.1 Å². The number of nitrogens with zero attached hydrogens (tertiary/aromatic N) is 2. The molecule has 1 N–H and O–H groups in total. The van der Waals surface area contributed by atoms with Crippen molar-refractivity contribution in [3.8, 4) is 11.8 Å². The average molecular weight is 366 g/mol. The van der Waals surface area contributed by atoms with Gasteiger partial charge in [-0.1, -0.05) is 35.9 Å². The van der Waals surface area contributed by atoms with Crippen molar-refractivity contribution in [3.63, 3.8) is 0 Å². The number of hydrogen-bond donors (Lipinski definition) is 1. The molecule has 2 aromatic rings. The normalized spacial score (nSPS) is 29.5. The third kappa shape index (κ3) is 2.59. The lowest BCUT2D eigenvalue weighted by Gasteiger charge is -2.36. The van der Waals surface area contributed by atoms with Gasteiger partial charge >= 0.3 is 0 Å². The van der Waals surface area contributed by atoms with Gasteiger partial charge in [0.15, 0.2) is 0 Å². The molecule has 5 heteroatoms. The maximum absolute atomic E-state index is 9.05. The Morgan fingerprint density at radius 1 is 1.23 bits per heavy atom. The fourth-order valence-corrected chi connectivity index (χ4v) is 5.00. The molecule has 0 saturated carbocycles. The van der Waals surface area contributed by atoms with E-state index in [2.05, 4.69) is 40.6 Å². The van der Waals surface area contributed by atoms with Crippen molar-refractivity contribution >= 4 is 11.6 Å². The first-order chi connectivity index (χ1) is 12.7. The third-order valence-corrected chi connectivity index (χ3v) is 6.28. The first kappa shape index (κ1) is 16.1. The highest BCUT2D eigenvalue weighted by molar-refractivity contribution is 6.32. The molecule has 2 aromatic carbocycles. The van der Waals surface area contributed by atoms with Crippen LogP contribution in [0.4, 0.5) is 0 Å². The van der Waals surface area contributed by atoms with Crippen LogP contribution in [0.2, 0.25) is 5.02 Å². The molecule has 3 aliphatic rings. The van der Waals surface area contributed by atoms with E-state index in [9.17, 15) is 0 Å². The van der Waals surface area contributed by atoms with Crippen molar-refractivity contribution in [2.75, 3.05) is 13.1 Å². The predicted molar refractivity (Wildman–Crippen MR) is 100 cm³/mol. The topological polar surface area (TPSA) is 48.3 Å². The number of fused-ring (bicyclic) bond motifs is 3. The molecule has 0 radical (unpaired) electrons. The third-order valence-electron chi connectivity index (χ3n) is 5.98. The van der Waals surface area contributed by atoms with E-state index in [1.165, 1.54) is 17.5 Å². The summed E-state index contributed by atoms with van der Waals surface area (Å²) in [6.45, 7) is 2.16. The van der Waals surface area contributed by atoms with E-state index in [-0.39, 0.29) is 6.10 Å². The Balaban J connectivity index is 1.48. The lowest BCUT2D eigenvalue weighted by atomic mass is 10.1. The molecule has 132 valence electrons. The van der Waals surface area contributed by atoms with Crippen LogP contribution in [0.15, 0.2) is 42.5 Å².